The third kappa shape index (κ3) is 10.5. The number of aliphatic hydroxyl groups excluding tert-OH is 2. The standard InChI is InChI=1S/C57H69FN6O16/c1-25-13-12-14-26(2)55(72)60-42-35(22-59-64-19-18-62(23-27(64)3)44-37(58)21-34-43(53(44)77-11)63(33-15-16-33)24-36(48(34)69)56(73)74)49(70)39-40(50(42)71)47(68)31(7)52-41(39)54(61-75)57(9,80-52)78-20-17-38(76-10)28(4)51(79-32(8)65)30(6)46(67)29(5)45(25)66/h12-14,17,20-22,24-25,27-30,33,38,45-46,51,54,66-68,70-71H,15-16,18-19,23H2,1-11H3,(H,60,72)(H,73,74)/t25-,27?,28+,29+,30+,38-,45-,46+,51+,54?,57-/m0/s1. The third-order valence-electron chi connectivity index (χ3n) is 16.1. The van der Waals surface area contributed by atoms with E-state index >= 15 is 4.39 Å². The third-order valence-corrected chi connectivity index (χ3v) is 16.1. The number of methoxy groups -OCH3 is 2. The summed E-state index contributed by atoms with van der Waals surface area (Å²) in [5, 5.41) is 81.4. The van der Waals surface area contributed by atoms with Gasteiger partial charge in [0, 0.05) is 92.0 Å². The van der Waals surface area contributed by atoms with Crippen LogP contribution in [-0.2, 0) is 23.8 Å². The molecule has 5 heterocycles. The van der Waals surface area contributed by atoms with Gasteiger partial charge in [0.1, 0.15) is 34.6 Å². The maximum absolute atomic E-state index is 16.4. The SMILES string of the molecule is COc1c(N2CCN(N=Cc3c4c(O)c5c(O)c(C)c6c(c5c3O)C(N=O)[C@@](C)(OC=C[C@H](OC)[C@@H](C)[C@@H](OC(C)=O)[C@H](C)[C@H](O)[C@H](C)[C@@H](O)[C@@H](C)C=CC=C(C)C(=O)N4)O6)C(C)C2)c(F)cc2c(=O)c(C(=O)O)cn(C3CC3)c12. The molecular weight excluding hydrogens is 1040 g/mol. The van der Waals surface area contributed by atoms with Gasteiger partial charge in [0.25, 0.3) is 11.7 Å². The predicted molar refractivity (Wildman–Crippen MR) is 294 cm³/mol. The van der Waals surface area contributed by atoms with Crippen LogP contribution in [0.5, 0.6) is 28.7 Å². The fourth-order valence-corrected chi connectivity index (χ4v) is 11.3. The second kappa shape index (κ2) is 22.8. The van der Waals surface area contributed by atoms with Crippen LogP contribution in [0.15, 0.2) is 63.5 Å². The zero-order valence-corrected chi connectivity index (χ0v) is 46.4. The number of hydrogen-bond acceptors (Lipinski definition) is 19. The van der Waals surface area contributed by atoms with Crippen molar-refractivity contribution in [1.29, 1.82) is 0 Å². The highest BCUT2D eigenvalue weighted by Gasteiger charge is 2.52. The van der Waals surface area contributed by atoms with Crippen molar-refractivity contribution >= 4 is 57.1 Å². The van der Waals surface area contributed by atoms with Crippen LogP contribution in [0.25, 0.3) is 21.7 Å². The summed E-state index contributed by atoms with van der Waals surface area (Å²) in [6.07, 6.45) is 7.05. The molecule has 2 unspecified atom stereocenters. The van der Waals surface area contributed by atoms with Crippen LogP contribution in [0.4, 0.5) is 15.8 Å². The van der Waals surface area contributed by atoms with Gasteiger partial charge in [0.15, 0.2) is 23.4 Å². The number of nitrogens with zero attached hydrogens (tertiary/aromatic N) is 5. The lowest BCUT2D eigenvalue weighted by Crippen LogP contribution is -2.50. The number of fused-ring (bicyclic) bond motifs is 15. The summed E-state index contributed by atoms with van der Waals surface area (Å²) in [7, 11) is 2.75. The highest BCUT2D eigenvalue weighted by molar-refractivity contribution is 6.16. The monoisotopic (exact) mass is 1110 g/mol. The van der Waals surface area contributed by atoms with Crippen LogP contribution >= 0.6 is 0 Å². The Labute approximate surface area is 460 Å². The number of esters is 1. The number of hydrazone groups is 1. The molecule has 5 bridgehead atoms. The van der Waals surface area contributed by atoms with Gasteiger partial charge in [-0.05, 0) is 45.8 Å². The first kappa shape index (κ1) is 58.4. The van der Waals surface area contributed by atoms with E-state index in [9.17, 15) is 54.7 Å². The van der Waals surface area contributed by atoms with Crippen molar-refractivity contribution in [1.82, 2.24) is 9.58 Å². The van der Waals surface area contributed by atoms with Gasteiger partial charge < -0.3 is 69.1 Å². The Morgan fingerprint density at radius 2 is 1.65 bits per heavy atom. The number of anilines is 2. The number of carbonyl (C=O) groups is 3. The number of ether oxygens (including phenoxy) is 5. The molecule has 0 spiro atoms. The molecule has 1 aromatic heterocycles. The molecule has 9 rings (SSSR count). The Bertz CT molecular complexity index is 3340. The Morgan fingerprint density at radius 1 is 0.950 bits per heavy atom. The van der Waals surface area contributed by atoms with Gasteiger partial charge in [-0.3, -0.25) is 19.4 Å². The van der Waals surface area contributed by atoms with Crippen molar-refractivity contribution in [3.8, 4) is 28.7 Å². The van der Waals surface area contributed by atoms with Crippen LogP contribution in [0.1, 0.15) is 107 Å². The first-order valence-electron chi connectivity index (χ1n) is 26.4. The largest absolute Gasteiger partial charge is 0.507 e. The van der Waals surface area contributed by atoms with Gasteiger partial charge in [-0.25, -0.2) is 9.18 Å². The van der Waals surface area contributed by atoms with Crippen molar-refractivity contribution in [2.24, 2.45) is 33.9 Å². The van der Waals surface area contributed by atoms with E-state index < -0.39 is 124 Å². The molecule has 2 fully saturated rings. The second-order valence-electron chi connectivity index (χ2n) is 21.6. The lowest BCUT2D eigenvalue weighted by molar-refractivity contribution is -0.160. The smallest absolute Gasteiger partial charge is 0.341 e. The molecular formula is C57H69FN6O16. The van der Waals surface area contributed by atoms with Crippen LogP contribution in [0, 0.1) is 41.3 Å². The minimum atomic E-state index is -1.99. The Kier molecular flexibility index (Phi) is 16.6. The van der Waals surface area contributed by atoms with Crippen molar-refractivity contribution in [2.45, 2.75) is 123 Å². The lowest BCUT2D eigenvalue weighted by Gasteiger charge is -2.40. The average molecular weight is 1110 g/mol. The number of nitrogens with one attached hydrogen (secondary N) is 1. The molecule has 1 saturated heterocycles. The molecule has 0 radical (unpaired) electrons. The lowest BCUT2D eigenvalue weighted by atomic mass is 9.78. The van der Waals surface area contributed by atoms with E-state index in [1.165, 1.54) is 78.8 Å². The van der Waals surface area contributed by atoms with Crippen LogP contribution in [0.2, 0.25) is 0 Å². The summed E-state index contributed by atoms with van der Waals surface area (Å²) in [6.45, 7) is 14.5. The van der Waals surface area contributed by atoms with Crippen LogP contribution in [-0.4, -0.2) is 134 Å². The minimum absolute atomic E-state index is 0.00953. The first-order valence-corrected chi connectivity index (χ1v) is 26.4. The molecule has 22 nitrogen and oxygen atoms in total. The van der Waals surface area contributed by atoms with Crippen LogP contribution in [0.3, 0.4) is 0 Å². The number of hydrogen-bond donors (Lipinski definition) is 7. The second-order valence-corrected chi connectivity index (χ2v) is 21.6. The molecule has 80 heavy (non-hydrogen) atoms. The molecule has 11 atom stereocenters. The number of aromatic nitrogens is 1. The number of phenolic OH excluding ortho intramolecular Hbond substituents is 3. The maximum Gasteiger partial charge on any atom is 0.341 e. The zero-order valence-electron chi connectivity index (χ0n) is 46.4. The number of halogens is 1. The van der Waals surface area contributed by atoms with E-state index in [-0.39, 0.29) is 86.8 Å². The van der Waals surface area contributed by atoms with Gasteiger partial charge in [-0.1, -0.05) is 51.1 Å². The fourth-order valence-electron chi connectivity index (χ4n) is 11.3. The van der Waals surface area contributed by atoms with E-state index in [0.717, 1.165) is 18.9 Å². The summed E-state index contributed by atoms with van der Waals surface area (Å²) in [6, 6.07) is -1.23. The Balaban J connectivity index is 1.23. The normalized spacial score (nSPS) is 27.8. The number of piperazine rings is 1. The first-order chi connectivity index (χ1) is 37.8. The summed E-state index contributed by atoms with van der Waals surface area (Å²) in [5.74, 6) is -10.4. The fraction of sp³-hybridized carbons (Fsp3) is 0.491. The van der Waals surface area contributed by atoms with Gasteiger partial charge in [-0.15, -0.1) is 4.91 Å². The predicted octanol–water partition coefficient (Wildman–Crippen LogP) is 7.42. The maximum atomic E-state index is 16.4. The van der Waals surface area contributed by atoms with E-state index in [4.69, 9.17) is 28.8 Å². The van der Waals surface area contributed by atoms with Gasteiger partial charge in [-0.2, -0.15) is 5.10 Å². The summed E-state index contributed by atoms with van der Waals surface area (Å²) in [5.41, 5.74) is -1.69. The molecule has 23 heteroatoms. The summed E-state index contributed by atoms with van der Waals surface area (Å²) < 4.78 is 48.0. The number of aromatic hydroxyl groups is 3. The molecule has 7 N–H and O–H groups in total. The highest BCUT2D eigenvalue weighted by Crippen LogP contribution is 2.59. The molecule has 1 amide bonds. The van der Waals surface area contributed by atoms with Crippen molar-refractivity contribution in [3.05, 3.63) is 91.6 Å². The Hall–Kier alpha value is -7.76. The average Bonchev–Trinajstić information content (AvgIpc) is 4.34. The molecule has 430 valence electrons. The number of nitroso groups, excluding NO2 is 1. The summed E-state index contributed by atoms with van der Waals surface area (Å²) in [4.78, 5) is 67.0. The topological polar surface area (TPSA) is 301 Å². The van der Waals surface area contributed by atoms with Crippen molar-refractivity contribution in [2.75, 3.05) is 44.1 Å². The number of carboxylic acids is 1. The molecule has 4 aromatic rings. The highest BCUT2D eigenvalue weighted by atomic mass is 19.1. The van der Waals surface area contributed by atoms with E-state index in [0.29, 0.717) is 0 Å². The number of carboxylic acid groups (broad SMARTS) is 1. The molecule has 5 aliphatic rings. The number of carbonyl (C=O) groups excluding carboxylic acids is 2. The number of amides is 1. The van der Waals surface area contributed by atoms with Crippen molar-refractivity contribution in [3.63, 3.8) is 0 Å². The van der Waals surface area contributed by atoms with Crippen molar-refractivity contribution < 1.29 is 73.1 Å². The number of benzene rings is 3. The number of pyridine rings is 1. The van der Waals surface area contributed by atoms with Gasteiger partial charge in [0.2, 0.25) is 5.43 Å². The molecule has 1 saturated carbocycles. The number of aromatic carboxylic acids is 1. The number of allylic oxidation sites excluding steroid dienone is 2. The van der Waals surface area contributed by atoms with Crippen LogP contribution < -0.4 is 25.1 Å². The molecule has 3 aromatic carbocycles. The molecule has 1 aliphatic carbocycles. The Morgan fingerprint density at radius 3 is 2.26 bits per heavy atom. The molecule has 4 aliphatic heterocycles. The number of phenols is 3. The minimum Gasteiger partial charge on any atom is -0.507 e. The summed E-state index contributed by atoms with van der Waals surface area (Å²) >= 11 is 0. The van der Waals surface area contributed by atoms with E-state index in [2.05, 4.69) is 10.5 Å². The van der Waals surface area contributed by atoms with Gasteiger partial charge in [0.05, 0.1) is 78.0 Å². The number of aliphatic hydroxyl groups is 2. The zero-order chi connectivity index (χ0) is 58.6. The van der Waals surface area contributed by atoms with E-state index in [1.54, 1.807) is 55.2 Å². The number of rotatable bonds is 9. The van der Waals surface area contributed by atoms with Gasteiger partial charge >= 0.3 is 11.9 Å². The van der Waals surface area contributed by atoms with E-state index in [1.807, 2.05) is 0 Å². The quantitative estimate of drug-likeness (QED) is 0.0282.